The highest BCUT2D eigenvalue weighted by molar-refractivity contribution is 5.47. The van der Waals surface area contributed by atoms with E-state index < -0.39 is 0 Å². The first-order valence-corrected chi connectivity index (χ1v) is 5.23. The molecule has 4 heteroatoms. The number of rotatable bonds is 1. The van der Waals surface area contributed by atoms with Crippen LogP contribution in [-0.4, -0.2) is 32.3 Å². The topological polar surface area (TPSA) is 33.7 Å². The summed E-state index contributed by atoms with van der Waals surface area (Å²) in [5.74, 6) is 0. The van der Waals surface area contributed by atoms with Crippen molar-refractivity contribution in [1.82, 2.24) is 5.32 Å². The zero-order valence-corrected chi connectivity index (χ0v) is 8.43. The minimum atomic E-state index is 0.0129. The lowest BCUT2D eigenvalue weighted by Crippen LogP contribution is -2.56. The summed E-state index contributed by atoms with van der Waals surface area (Å²) in [6.45, 7) is 2.26. The lowest BCUT2D eigenvalue weighted by molar-refractivity contribution is 0.0361. The predicted molar refractivity (Wildman–Crippen MR) is 56.4 cm³/mol. The molecule has 0 amide bonds. The second-order valence-electron chi connectivity index (χ2n) is 3.75. The van der Waals surface area contributed by atoms with E-state index in [2.05, 4.69) is 22.3 Å². The van der Waals surface area contributed by atoms with Gasteiger partial charge in [0, 0.05) is 18.8 Å². The minimum Gasteiger partial charge on any atom is -0.341 e. The Bertz CT molecular complexity index is 331. The number of hydrogen-bond acceptors (Lipinski definition) is 4. The molecule has 2 aliphatic rings. The fourth-order valence-corrected chi connectivity index (χ4v) is 2.12. The summed E-state index contributed by atoms with van der Waals surface area (Å²) < 4.78 is 11.0. The van der Waals surface area contributed by atoms with Crippen molar-refractivity contribution in [2.75, 3.05) is 24.8 Å². The number of nitrogens with zero attached hydrogens (tertiary/aromatic N) is 1. The Morgan fingerprint density at radius 3 is 2.93 bits per heavy atom. The lowest BCUT2D eigenvalue weighted by Gasteiger charge is -2.37. The van der Waals surface area contributed by atoms with Crippen LogP contribution in [0.25, 0.3) is 0 Å². The summed E-state index contributed by atoms with van der Waals surface area (Å²) >= 11 is 0. The second-order valence-corrected chi connectivity index (χ2v) is 3.75. The molecule has 0 bridgehead atoms. The van der Waals surface area contributed by atoms with Crippen LogP contribution in [0.1, 0.15) is 0 Å². The zero-order chi connectivity index (χ0) is 10.1. The van der Waals surface area contributed by atoms with Crippen molar-refractivity contribution in [3.05, 3.63) is 30.3 Å². The average Bonchev–Trinajstić information content (AvgIpc) is 2.78. The van der Waals surface area contributed by atoms with E-state index in [0.29, 0.717) is 6.79 Å². The summed E-state index contributed by atoms with van der Waals surface area (Å²) in [5, 5.41) is 3.29. The third-order valence-electron chi connectivity index (χ3n) is 2.84. The molecule has 0 radical (unpaired) electrons. The number of benzene rings is 1. The van der Waals surface area contributed by atoms with Gasteiger partial charge in [0.1, 0.15) is 0 Å². The van der Waals surface area contributed by atoms with E-state index in [4.69, 9.17) is 9.47 Å². The van der Waals surface area contributed by atoms with Gasteiger partial charge in [-0.15, -0.1) is 0 Å². The third kappa shape index (κ3) is 1.61. The van der Waals surface area contributed by atoms with Crippen LogP contribution >= 0.6 is 0 Å². The first-order valence-electron chi connectivity index (χ1n) is 5.23. The number of fused-ring (bicyclic) bond motifs is 1. The fourth-order valence-electron chi connectivity index (χ4n) is 2.12. The van der Waals surface area contributed by atoms with E-state index in [1.54, 1.807) is 0 Å². The number of ether oxygens (including phenoxy) is 2. The van der Waals surface area contributed by atoms with Gasteiger partial charge in [0.25, 0.3) is 0 Å². The molecule has 2 heterocycles. The molecular weight excluding hydrogens is 192 g/mol. The van der Waals surface area contributed by atoms with E-state index in [9.17, 15) is 0 Å². The van der Waals surface area contributed by atoms with Gasteiger partial charge in [0.2, 0.25) is 0 Å². The number of hydrogen-bond donors (Lipinski definition) is 1. The van der Waals surface area contributed by atoms with Crippen LogP contribution in [-0.2, 0) is 9.47 Å². The SMILES string of the molecule is c1ccc(N2CCNC3OCOC32)cc1. The normalized spacial score (nSPS) is 30.3. The van der Waals surface area contributed by atoms with Crippen molar-refractivity contribution >= 4 is 5.69 Å². The molecule has 1 aromatic carbocycles. The van der Waals surface area contributed by atoms with Gasteiger partial charge in [0.05, 0.1) is 0 Å². The molecule has 0 saturated carbocycles. The maximum absolute atomic E-state index is 5.57. The van der Waals surface area contributed by atoms with E-state index in [1.807, 2.05) is 18.2 Å². The quantitative estimate of drug-likeness (QED) is 0.735. The molecule has 1 aromatic rings. The maximum Gasteiger partial charge on any atom is 0.173 e. The van der Waals surface area contributed by atoms with Gasteiger partial charge in [-0.05, 0) is 12.1 Å². The minimum absolute atomic E-state index is 0.0129. The Morgan fingerprint density at radius 1 is 1.20 bits per heavy atom. The molecule has 2 saturated heterocycles. The van der Waals surface area contributed by atoms with Gasteiger partial charge >= 0.3 is 0 Å². The largest absolute Gasteiger partial charge is 0.341 e. The maximum atomic E-state index is 5.57. The number of piperazine rings is 1. The Morgan fingerprint density at radius 2 is 2.07 bits per heavy atom. The number of nitrogens with one attached hydrogen (secondary N) is 1. The number of para-hydroxylation sites is 1. The molecule has 0 aromatic heterocycles. The fraction of sp³-hybridized carbons (Fsp3) is 0.455. The molecule has 2 aliphatic heterocycles. The molecule has 2 fully saturated rings. The van der Waals surface area contributed by atoms with E-state index >= 15 is 0 Å². The highest BCUT2D eigenvalue weighted by Gasteiger charge is 2.37. The molecular formula is C11H14N2O2. The van der Waals surface area contributed by atoms with Crippen molar-refractivity contribution < 1.29 is 9.47 Å². The van der Waals surface area contributed by atoms with Crippen LogP contribution in [0.15, 0.2) is 30.3 Å². The average molecular weight is 206 g/mol. The van der Waals surface area contributed by atoms with Crippen molar-refractivity contribution in [2.45, 2.75) is 12.5 Å². The second kappa shape index (κ2) is 3.81. The Labute approximate surface area is 88.8 Å². The molecule has 15 heavy (non-hydrogen) atoms. The van der Waals surface area contributed by atoms with Crippen molar-refractivity contribution in [2.24, 2.45) is 0 Å². The van der Waals surface area contributed by atoms with Crippen LogP contribution in [0.2, 0.25) is 0 Å². The standard InChI is InChI=1S/C11H14N2O2/c1-2-4-9(5-3-1)13-7-6-12-10-11(13)15-8-14-10/h1-5,10-12H,6-8H2. The predicted octanol–water partition coefficient (Wildman–Crippen LogP) is 0.753. The molecule has 2 unspecified atom stereocenters. The van der Waals surface area contributed by atoms with Gasteiger partial charge in [-0.2, -0.15) is 0 Å². The van der Waals surface area contributed by atoms with E-state index in [1.165, 1.54) is 5.69 Å². The van der Waals surface area contributed by atoms with Gasteiger partial charge < -0.3 is 14.4 Å². The van der Waals surface area contributed by atoms with Crippen molar-refractivity contribution in [3.63, 3.8) is 0 Å². The van der Waals surface area contributed by atoms with Gasteiger partial charge in [-0.3, -0.25) is 5.32 Å². The lowest BCUT2D eigenvalue weighted by atomic mass is 10.2. The zero-order valence-electron chi connectivity index (χ0n) is 8.43. The Balaban J connectivity index is 1.85. The summed E-state index contributed by atoms with van der Waals surface area (Å²) in [6.07, 6.45) is 0.0279. The summed E-state index contributed by atoms with van der Waals surface area (Å²) in [6, 6.07) is 10.3. The monoisotopic (exact) mass is 206 g/mol. The van der Waals surface area contributed by atoms with E-state index in [-0.39, 0.29) is 12.5 Å². The van der Waals surface area contributed by atoms with Gasteiger partial charge in [-0.25, -0.2) is 0 Å². The van der Waals surface area contributed by atoms with Crippen LogP contribution in [0, 0.1) is 0 Å². The van der Waals surface area contributed by atoms with Crippen molar-refractivity contribution in [3.8, 4) is 0 Å². The smallest absolute Gasteiger partial charge is 0.173 e. The van der Waals surface area contributed by atoms with Crippen LogP contribution in [0.5, 0.6) is 0 Å². The summed E-state index contributed by atoms with van der Waals surface area (Å²) in [7, 11) is 0. The van der Waals surface area contributed by atoms with Gasteiger partial charge in [-0.1, -0.05) is 18.2 Å². The molecule has 4 nitrogen and oxygen atoms in total. The molecule has 3 rings (SSSR count). The van der Waals surface area contributed by atoms with Crippen LogP contribution < -0.4 is 10.2 Å². The molecule has 80 valence electrons. The van der Waals surface area contributed by atoms with Gasteiger partial charge in [0.15, 0.2) is 19.2 Å². The molecule has 0 aliphatic carbocycles. The van der Waals surface area contributed by atoms with Crippen molar-refractivity contribution in [1.29, 1.82) is 0 Å². The first kappa shape index (κ1) is 9.15. The van der Waals surface area contributed by atoms with Crippen LogP contribution in [0.3, 0.4) is 0 Å². The highest BCUT2D eigenvalue weighted by atomic mass is 16.7. The Hall–Kier alpha value is -1.10. The summed E-state index contributed by atoms with van der Waals surface area (Å²) in [4.78, 5) is 2.24. The Kier molecular flexibility index (Phi) is 2.32. The number of anilines is 1. The summed E-state index contributed by atoms with van der Waals surface area (Å²) in [5.41, 5.74) is 1.19. The first-order chi connectivity index (χ1) is 7.45. The highest BCUT2D eigenvalue weighted by Crippen LogP contribution is 2.24. The van der Waals surface area contributed by atoms with E-state index in [0.717, 1.165) is 13.1 Å². The molecule has 1 N–H and O–H groups in total. The molecule has 0 spiro atoms. The van der Waals surface area contributed by atoms with Crippen LogP contribution in [0.4, 0.5) is 5.69 Å². The third-order valence-corrected chi connectivity index (χ3v) is 2.84. The molecule has 2 atom stereocenters.